The summed E-state index contributed by atoms with van der Waals surface area (Å²) in [5, 5.41) is 0.881. The zero-order valence-electron chi connectivity index (χ0n) is 10.4. The molecule has 0 atom stereocenters. The molecule has 20 heavy (non-hydrogen) atoms. The fourth-order valence-electron chi connectivity index (χ4n) is 2.09. The molecule has 100 valence electrons. The van der Waals surface area contributed by atoms with Crippen LogP contribution in [0.1, 0.15) is 10.4 Å². The lowest BCUT2D eigenvalue weighted by atomic mass is 10.1. The number of benzene rings is 2. The smallest absolute Gasteiger partial charge is 0.184 e. The van der Waals surface area contributed by atoms with E-state index in [2.05, 4.69) is 4.98 Å². The Hall–Kier alpha value is -1.84. The quantitative estimate of drug-likeness (QED) is 0.679. The summed E-state index contributed by atoms with van der Waals surface area (Å²) in [7, 11) is 0. The maximum absolute atomic E-state index is 12.3. The van der Waals surface area contributed by atoms with E-state index in [0.29, 0.717) is 15.6 Å². The molecule has 0 unspecified atom stereocenters. The lowest BCUT2D eigenvalue weighted by Gasteiger charge is -2.06. The average molecular weight is 305 g/mol. The van der Waals surface area contributed by atoms with Gasteiger partial charge in [-0.25, -0.2) is 4.98 Å². The fourth-order valence-corrected chi connectivity index (χ4v) is 2.61. The highest BCUT2D eigenvalue weighted by atomic mass is 35.5. The van der Waals surface area contributed by atoms with Crippen molar-refractivity contribution in [3.05, 3.63) is 64.4 Å². The third kappa shape index (κ3) is 2.42. The Morgan fingerprint density at radius 3 is 2.75 bits per heavy atom. The van der Waals surface area contributed by atoms with Gasteiger partial charge >= 0.3 is 0 Å². The second-order valence-electron chi connectivity index (χ2n) is 4.41. The van der Waals surface area contributed by atoms with Crippen molar-refractivity contribution < 1.29 is 4.79 Å². The molecule has 0 saturated carbocycles. The van der Waals surface area contributed by atoms with Gasteiger partial charge in [-0.15, -0.1) is 0 Å². The maximum atomic E-state index is 12.3. The highest BCUT2D eigenvalue weighted by molar-refractivity contribution is 6.36. The van der Waals surface area contributed by atoms with E-state index in [0.717, 1.165) is 11.0 Å². The maximum Gasteiger partial charge on any atom is 0.184 e. The number of fused-ring (bicyclic) bond motifs is 1. The van der Waals surface area contributed by atoms with Gasteiger partial charge in [0.1, 0.15) is 0 Å². The molecule has 3 nitrogen and oxygen atoms in total. The van der Waals surface area contributed by atoms with Gasteiger partial charge in [-0.05, 0) is 30.3 Å². The van der Waals surface area contributed by atoms with E-state index in [9.17, 15) is 4.79 Å². The van der Waals surface area contributed by atoms with Gasteiger partial charge in [0.2, 0.25) is 0 Å². The van der Waals surface area contributed by atoms with Gasteiger partial charge in [0, 0.05) is 10.6 Å². The summed E-state index contributed by atoms with van der Waals surface area (Å²) in [5.74, 6) is -0.0742. The summed E-state index contributed by atoms with van der Waals surface area (Å²) in [6.45, 7) is 0.196. The molecule has 3 aromatic rings. The number of carbonyl (C=O) groups is 1. The second-order valence-corrected chi connectivity index (χ2v) is 5.25. The standard InChI is InChI=1S/C15H10Cl2N2O/c16-10-5-6-11(12(17)7-10)15(20)8-19-9-18-13-3-1-2-4-14(13)19/h1-7,9H,8H2. The average Bonchev–Trinajstić information content (AvgIpc) is 2.82. The zero-order chi connectivity index (χ0) is 14.1. The van der Waals surface area contributed by atoms with Gasteiger partial charge in [-0.3, -0.25) is 4.79 Å². The number of Topliss-reactive ketones (excluding diaryl/α,β-unsaturated/α-hetero) is 1. The van der Waals surface area contributed by atoms with Crippen molar-refractivity contribution in [3.63, 3.8) is 0 Å². The van der Waals surface area contributed by atoms with Crippen LogP contribution in [0.5, 0.6) is 0 Å². The number of nitrogens with zero attached hydrogens (tertiary/aromatic N) is 2. The van der Waals surface area contributed by atoms with E-state index < -0.39 is 0 Å². The predicted molar refractivity (Wildman–Crippen MR) is 80.5 cm³/mol. The molecule has 0 spiro atoms. The molecule has 2 aromatic carbocycles. The molecule has 3 rings (SSSR count). The molecule has 1 heterocycles. The van der Waals surface area contributed by atoms with Crippen LogP contribution in [0.3, 0.4) is 0 Å². The first-order chi connectivity index (χ1) is 9.65. The zero-order valence-corrected chi connectivity index (χ0v) is 11.9. The second kappa shape index (κ2) is 5.27. The van der Waals surface area contributed by atoms with Gasteiger partial charge in [0.05, 0.1) is 28.9 Å². The largest absolute Gasteiger partial charge is 0.323 e. The van der Waals surface area contributed by atoms with Crippen molar-refractivity contribution in [1.82, 2.24) is 9.55 Å². The van der Waals surface area contributed by atoms with Crippen LogP contribution in [0.15, 0.2) is 48.8 Å². The number of para-hydroxylation sites is 2. The normalized spacial score (nSPS) is 10.9. The summed E-state index contributed by atoms with van der Waals surface area (Å²) in [5.41, 5.74) is 2.25. The number of hydrogen-bond donors (Lipinski definition) is 0. The molecule has 0 aliphatic carbocycles. The molecular formula is C15H10Cl2N2O. The summed E-state index contributed by atoms with van der Waals surface area (Å²) in [6.07, 6.45) is 1.66. The monoisotopic (exact) mass is 304 g/mol. The number of imidazole rings is 1. The highest BCUT2D eigenvalue weighted by Gasteiger charge is 2.12. The summed E-state index contributed by atoms with van der Waals surface area (Å²) < 4.78 is 1.81. The van der Waals surface area contributed by atoms with Crippen LogP contribution in [0.25, 0.3) is 11.0 Å². The fraction of sp³-hybridized carbons (Fsp3) is 0.0667. The van der Waals surface area contributed by atoms with E-state index in [1.807, 2.05) is 28.8 Å². The number of halogens is 2. The lowest BCUT2D eigenvalue weighted by Crippen LogP contribution is -2.10. The number of rotatable bonds is 3. The summed E-state index contributed by atoms with van der Waals surface area (Å²) in [4.78, 5) is 16.6. The Kier molecular flexibility index (Phi) is 3.47. The van der Waals surface area contributed by atoms with Crippen molar-refractivity contribution in [2.24, 2.45) is 0 Å². The Labute approximate surface area is 125 Å². The molecule has 0 N–H and O–H groups in total. The lowest BCUT2D eigenvalue weighted by molar-refractivity contribution is 0.0973. The van der Waals surface area contributed by atoms with Gasteiger partial charge in [-0.1, -0.05) is 35.3 Å². The van der Waals surface area contributed by atoms with Crippen LogP contribution < -0.4 is 0 Å². The van der Waals surface area contributed by atoms with Crippen LogP contribution in [0.4, 0.5) is 0 Å². The van der Waals surface area contributed by atoms with Gasteiger partial charge in [0.25, 0.3) is 0 Å². The molecule has 0 aliphatic rings. The molecule has 0 radical (unpaired) electrons. The van der Waals surface area contributed by atoms with E-state index in [-0.39, 0.29) is 12.3 Å². The minimum absolute atomic E-state index is 0.0742. The van der Waals surface area contributed by atoms with Crippen molar-refractivity contribution in [3.8, 4) is 0 Å². The topological polar surface area (TPSA) is 34.9 Å². The van der Waals surface area contributed by atoms with Crippen LogP contribution in [-0.4, -0.2) is 15.3 Å². The third-order valence-electron chi connectivity index (χ3n) is 3.07. The number of aromatic nitrogens is 2. The molecule has 0 saturated heterocycles. The molecule has 0 fully saturated rings. The number of carbonyl (C=O) groups excluding carboxylic acids is 1. The Morgan fingerprint density at radius 2 is 1.95 bits per heavy atom. The van der Waals surface area contributed by atoms with E-state index in [1.54, 1.807) is 24.5 Å². The molecule has 0 aliphatic heterocycles. The summed E-state index contributed by atoms with van der Waals surface area (Å²) >= 11 is 11.9. The van der Waals surface area contributed by atoms with Crippen LogP contribution in [-0.2, 0) is 6.54 Å². The first kappa shape index (κ1) is 13.2. The van der Waals surface area contributed by atoms with E-state index in [1.165, 1.54) is 0 Å². The first-order valence-electron chi connectivity index (χ1n) is 6.03. The Balaban J connectivity index is 1.92. The SMILES string of the molecule is O=C(Cn1cnc2ccccc21)c1ccc(Cl)cc1Cl. The first-order valence-corrected chi connectivity index (χ1v) is 6.79. The van der Waals surface area contributed by atoms with Crippen molar-refractivity contribution in [2.75, 3.05) is 0 Å². The van der Waals surface area contributed by atoms with Crippen LogP contribution in [0.2, 0.25) is 10.0 Å². The number of hydrogen-bond acceptors (Lipinski definition) is 2. The third-order valence-corrected chi connectivity index (χ3v) is 3.62. The molecule has 0 bridgehead atoms. The van der Waals surface area contributed by atoms with Crippen LogP contribution >= 0.6 is 23.2 Å². The van der Waals surface area contributed by atoms with E-state index >= 15 is 0 Å². The van der Waals surface area contributed by atoms with Crippen molar-refractivity contribution in [2.45, 2.75) is 6.54 Å². The number of ketones is 1. The summed E-state index contributed by atoms with van der Waals surface area (Å²) in [6, 6.07) is 12.5. The van der Waals surface area contributed by atoms with Crippen molar-refractivity contribution >= 4 is 40.0 Å². The minimum Gasteiger partial charge on any atom is -0.323 e. The van der Waals surface area contributed by atoms with Gasteiger partial charge in [0.15, 0.2) is 5.78 Å². The Bertz CT molecular complexity index is 795. The molecule has 0 amide bonds. The van der Waals surface area contributed by atoms with Gasteiger partial charge in [-0.2, -0.15) is 0 Å². The predicted octanol–water partition coefficient (Wildman–Crippen LogP) is 4.23. The minimum atomic E-state index is -0.0742. The van der Waals surface area contributed by atoms with Crippen LogP contribution in [0, 0.1) is 0 Å². The molecular weight excluding hydrogens is 295 g/mol. The molecule has 5 heteroatoms. The van der Waals surface area contributed by atoms with Crippen molar-refractivity contribution in [1.29, 1.82) is 0 Å². The highest BCUT2D eigenvalue weighted by Crippen LogP contribution is 2.22. The Morgan fingerprint density at radius 1 is 1.15 bits per heavy atom. The molecule has 1 aromatic heterocycles. The van der Waals surface area contributed by atoms with E-state index in [4.69, 9.17) is 23.2 Å². The van der Waals surface area contributed by atoms with Gasteiger partial charge < -0.3 is 4.57 Å².